The van der Waals surface area contributed by atoms with Gasteiger partial charge in [0, 0.05) is 0 Å². The minimum absolute atomic E-state index is 0.108. The predicted molar refractivity (Wildman–Crippen MR) is 73.9 cm³/mol. The highest BCUT2D eigenvalue weighted by Gasteiger charge is 2.06. The number of ether oxygens (including phenoxy) is 1. The summed E-state index contributed by atoms with van der Waals surface area (Å²) in [7, 11) is 0. The Hall–Kier alpha value is -0.800. The van der Waals surface area contributed by atoms with Gasteiger partial charge in [-0.3, -0.25) is 0 Å². The van der Waals surface area contributed by atoms with Crippen molar-refractivity contribution in [2.45, 2.75) is 32.6 Å². The van der Waals surface area contributed by atoms with Crippen LogP contribution in [0.4, 0.5) is 4.39 Å². The van der Waals surface area contributed by atoms with Gasteiger partial charge in [-0.25, -0.2) is 4.39 Å². The zero-order valence-corrected chi connectivity index (χ0v) is 11.6. The predicted octanol–water partition coefficient (Wildman–Crippen LogP) is 4.03. The van der Waals surface area contributed by atoms with Crippen molar-refractivity contribution in [3.8, 4) is 5.75 Å². The van der Waals surface area contributed by atoms with E-state index >= 15 is 0 Å². The highest BCUT2D eigenvalue weighted by molar-refractivity contribution is 6.30. The van der Waals surface area contributed by atoms with Crippen LogP contribution in [-0.4, -0.2) is 19.7 Å². The Labute approximate surface area is 113 Å². The average molecular weight is 274 g/mol. The Morgan fingerprint density at radius 3 is 2.83 bits per heavy atom. The SMILES string of the molecule is CCCNCCCCCOc1cccc(Cl)c1F. The summed E-state index contributed by atoms with van der Waals surface area (Å²) >= 11 is 5.66. The number of benzene rings is 1. The summed E-state index contributed by atoms with van der Waals surface area (Å²) in [5.74, 6) is -0.226. The first kappa shape index (κ1) is 15.3. The number of hydrogen-bond acceptors (Lipinski definition) is 2. The fourth-order valence-electron chi connectivity index (χ4n) is 1.61. The van der Waals surface area contributed by atoms with Gasteiger partial charge in [-0.1, -0.05) is 24.6 Å². The van der Waals surface area contributed by atoms with E-state index in [0.29, 0.717) is 6.61 Å². The molecule has 1 N–H and O–H groups in total. The van der Waals surface area contributed by atoms with Crippen LogP contribution in [0.1, 0.15) is 32.6 Å². The maximum Gasteiger partial charge on any atom is 0.183 e. The molecule has 1 aromatic carbocycles. The van der Waals surface area contributed by atoms with E-state index in [2.05, 4.69) is 12.2 Å². The van der Waals surface area contributed by atoms with E-state index < -0.39 is 5.82 Å². The summed E-state index contributed by atoms with van der Waals surface area (Å²) < 4.78 is 18.8. The van der Waals surface area contributed by atoms with Crippen LogP contribution in [0.5, 0.6) is 5.75 Å². The lowest BCUT2D eigenvalue weighted by Crippen LogP contribution is -2.15. The second-order valence-electron chi connectivity index (χ2n) is 4.21. The van der Waals surface area contributed by atoms with Crippen molar-refractivity contribution in [2.75, 3.05) is 19.7 Å². The number of halogens is 2. The number of rotatable bonds is 9. The molecule has 0 aromatic heterocycles. The third-order valence-electron chi connectivity index (χ3n) is 2.60. The average Bonchev–Trinajstić information content (AvgIpc) is 2.37. The molecule has 0 aliphatic rings. The fraction of sp³-hybridized carbons (Fsp3) is 0.571. The first-order valence-electron chi connectivity index (χ1n) is 6.53. The third kappa shape index (κ3) is 5.69. The molecular weight excluding hydrogens is 253 g/mol. The molecule has 0 bridgehead atoms. The summed E-state index contributed by atoms with van der Waals surface area (Å²) in [6, 6.07) is 4.81. The van der Waals surface area contributed by atoms with Crippen LogP contribution in [0.15, 0.2) is 18.2 Å². The van der Waals surface area contributed by atoms with Gasteiger partial charge in [0.05, 0.1) is 11.6 Å². The van der Waals surface area contributed by atoms with Gasteiger partial charge >= 0.3 is 0 Å². The molecule has 0 amide bonds. The van der Waals surface area contributed by atoms with Crippen LogP contribution in [0, 0.1) is 5.82 Å². The molecule has 0 aliphatic carbocycles. The molecule has 0 spiro atoms. The maximum absolute atomic E-state index is 13.4. The van der Waals surface area contributed by atoms with E-state index in [4.69, 9.17) is 16.3 Å². The maximum atomic E-state index is 13.4. The molecular formula is C14H21ClFNO. The molecule has 0 aliphatic heterocycles. The molecule has 0 saturated carbocycles. The van der Waals surface area contributed by atoms with Gasteiger partial charge in [-0.15, -0.1) is 0 Å². The van der Waals surface area contributed by atoms with Crippen LogP contribution in [0.25, 0.3) is 0 Å². The topological polar surface area (TPSA) is 21.3 Å². The van der Waals surface area contributed by atoms with Crippen LogP contribution >= 0.6 is 11.6 Å². The van der Waals surface area contributed by atoms with Crippen molar-refractivity contribution in [1.29, 1.82) is 0 Å². The molecule has 102 valence electrons. The molecule has 0 unspecified atom stereocenters. The van der Waals surface area contributed by atoms with Gasteiger partial charge in [-0.2, -0.15) is 0 Å². The van der Waals surface area contributed by atoms with Gasteiger partial charge < -0.3 is 10.1 Å². The molecule has 2 nitrogen and oxygen atoms in total. The third-order valence-corrected chi connectivity index (χ3v) is 2.89. The van der Waals surface area contributed by atoms with Gasteiger partial charge in [0.15, 0.2) is 11.6 Å². The first-order valence-corrected chi connectivity index (χ1v) is 6.91. The molecule has 0 fully saturated rings. The number of hydrogen-bond donors (Lipinski definition) is 1. The van der Waals surface area contributed by atoms with Crippen molar-refractivity contribution in [3.63, 3.8) is 0 Å². The van der Waals surface area contributed by atoms with Gasteiger partial charge in [0.2, 0.25) is 0 Å². The molecule has 0 saturated heterocycles. The van der Waals surface area contributed by atoms with E-state index in [1.807, 2.05) is 0 Å². The zero-order chi connectivity index (χ0) is 13.2. The van der Waals surface area contributed by atoms with Crippen LogP contribution in [-0.2, 0) is 0 Å². The van der Waals surface area contributed by atoms with E-state index in [0.717, 1.165) is 38.8 Å². The van der Waals surface area contributed by atoms with Crippen molar-refractivity contribution in [3.05, 3.63) is 29.0 Å². The van der Waals surface area contributed by atoms with Crippen LogP contribution in [0.3, 0.4) is 0 Å². The zero-order valence-electron chi connectivity index (χ0n) is 10.8. The first-order chi connectivity index (χ1) is 8.75. The Kier molecular flexibility index (Phi) is 7.78. The number of nitrogens with one attached hydrogen (secondary N) is 1. The molecule has 0 atom stereocenters. The second kappa shape index (κ2) is 9.17. The van der Waals surface area contributed by atoms with Crippen LogP contribution < -0.4 is 10.1 Å². The van der Waals surface area contributed by atoms with E-state index in [-0.39, 0.29) is 10.8 Å². The summed E-state index contributed by atoms with van der Waals surface area (Å²) in [4.78, 5) is 0. The van der Waals surface area contributed by atoms with E-state index in [1.165, 1.54) is 6.07 Å². The Morgan fingerprint density at radius 2 is 2.06 bits per heavy atom. The summed E-state index contributed by atoms with van der Waals surface area (Å²) in [6.07, 6.45) is 4.30. The highest BCUT2D eigenvalue weighted by Crippen LogP contribution is 2.24. The van der Waals surface area contributed by atoms with Crippen molar-refractivity contribution in [1.82, 2.24) is 5.32 Å². The lowest BCUT2D eigenvalue weighted by atomic mass is 10.2. The Balaban J connectivity index is 2.09. The van der Waals surface area contributed by atoms with Crippen molar-refractivity contribution < 1.29 is 9.13 Å². The molecule has 18 heavy (non-hydrogen) atoms. The molecule has 0 radical (unpaired) electrons. The minimum atomic E-state index is -0.469. The normalized spacial score (nSPS) is 10.6. The summed E-state index contributed by atoms with van der Waals surface area (Å²) in [5, 5.41) is 3.45. The van der Waals surface area contributed by atoms with Crippen molar-refractivity contribution in [2.24, 2.45) is 0 Å². The summed E-state index contributed by atoms with van der Waals surface area (Å²) in [6.45, 7) is 4.80. The molecule has 1 aromatic rings. The lowest BCUT2D eigenvalue weighted by molar-refractivity contribution is 0.290. The van der Waals surface area contributed by atoms with E-state index in [9.17, 15) is 4.39 Å². The fourth-order valence-corrected chi connectivity index (χ4v) is 1.77. The quantitative estimate of drug-likeness (QED) is 0.686. The van der Waals surface area contributed by atoms with Gasteiger partial charge in [0.25, 0.3) is 0 Å². The minimum Gasteiger partial charge on any atom is -0.490 e. The van der Waals surface area contributed by atoms with Crippen molar-refractivity contribution >= 4 is 11.6 Å². The monoisotopic (exact) mass is 273 g/mol. The second-order valence-corrected chi connectivity index (χ2v) is 4.62. The Morgan fingerprint density at radius 1 is 1.22 bits per heavy atom. The van der Waals surface area contributed by atoms with Gasteiger partial charge in [0.1, 0.15) is 0 Å². The standard InChI is InChI=1S/C14H21ClFNO/c1-2-9-17-10-4-3-5-11-18-13-8-6-7-12(15)14(13)16/h6-8,17H,2-5,9-11H2,1H3. The molecule has 0 heterocycles. The Bertz CT molecular complexity index is 347. The highest BCUT2D eigenvalue weighted by atomic mass is 35.5. The lowest BCUT2D eigenvalue weighted by Gasteiger charge is -2.08. The van der Waals surface area contributed by atoms with Gasteiger partial charge in [-0.05, 0) is 50.9 Å². The molecule has 4 heteroatoms. The number of unbranched alkanes of at least 4 members (excludes halogenated alkanes) is 2. The smallest absolute Gasteiger partial charge is 0.183 e. The largest absolute Gasteiger partial charge is 0.490 e. The van der Waals surface area contributed by atoms with Crippen LogP contribution in [0.2, 0.25) is 5.02 Å². The summed E-state index contributed by atoms with van der Waals surface area (Å²) in [5.41, 5.74) is 0. The molecule has 1 rings (SSSR count). The van der Waals surface area contributed by atoms with E-state index in [1.54, 1.807) is 12.1 Å².